The molecule has 2 N–H and O–H groups in total. The summed E-state index contributed by atoms with van der Waals surface area (Å²) in [6, 6.07) is 12.6. The minimum Gasteiger partial charge on any atom is -0.343 e. The van der Waals surface area contributed by atoms with Crippen LogP contribution in [0.3, 0.4) is 0 Å². The summed E-state index contributed by atoms with van der Waals surface area (Å²) < 4.78 is 1.54. The van der Waals surface area contributed by atoms with Crippen molar-refractivity contribution in [3.63, 3.8) is 0 Å². The van der Waals surface area contributed by atoms with Gasteiger partial charge in [0.05, 0.1) is 17.5 Å². The van der Waals surface area contributed by atoms with E-state index in [9.17, 15) is 9.59 Å². The van der Waals surface area contributed by atoms with Gasteiger partial charge in [-0.25, -0.2) is 9.55 Å². The van der Waals surface area contributed by atoms with E-state index in [4.69, 9.17) is 0 Å². The second kappa shape index (κ2) is 5.73. The molecule has 1 atom stereocenters. The van der Waals surface area contributed by atoms with E-state index in [0.717, 1.165) is 27.8 Å². The lowest BCUT2D eigenvalue weighted by molar-refractivity contribution is -0.117. The zero-order chi connectivity index (χ0) is 17.6. The molecule has 3 aromatic rings. The molecule has 4 rings (SSSR count). The quantitative estimate of drug-likeness (QED) is 0.755. The summed E-state index contributed by atoms with van der Waals surface area (Å²) in [6.07, 6.45) is 0.0873. The third-order valence-corrected chi connectivity index (χ3v) is 4.30. The van der Waals surface area contributed by atoms with Crippen molar-refractivity contribution < 1.29 is 9.59 Å². The Bertz CT molecular complexity index is 986. The van der Waals surface area contributed by atoms with Gasteiger partial charge in [0.25, 0.3) is 0 Å². The Morgan fingerprint density at radius 1 is 1.20 bits per heavy atom. The topological polar surface area (TPSA) is 76.0 Å². The van der Waals surface area contributed by atoms with Gasteiger partial charge >= 0.3 is 0 Å². The highest BCUT2D eigenvalue weighted by atomic mass is 16.2. The predicted octanol–water partition coefficient (Wildman–Crippen LogP) is 3.12. The number of benzene rings is 2. The third-order valence-electron chi connectivity index (χ3n) is 4.30. The Labute approximate surface area is 144 Å². The van der Waals surface area contributed by atoms with E-state index in [1.165, 1.54) is 4.57 Å². The number of hydrogen-bond donors (Lipinski definition) is 2. The summed E-state index contributed by atoms with van der Waals surface area (Å²) in [5, 5.41) is 5.97. The first-order chi connectivity index (χ1) is 12.0. The van der Waals surface area contributed by atoms with Crippen LogP contribution in [-0.4, -0.2) is 27.4 Å². The lowest BCUT2D eigenvalue weighted by Crippen LogP contribution is -2.42. The molecule has 0 saturated heterocycles. The molecular formula is C19H18N4O2. The van der Waals surface area contributed by atoms with Crippen LogP contribution in [0, 0.1) is 13.8 Å². The fraction of sp³-hybridized carbons (Fsp3) is 0.211. The summed E-state index contributed by atoms with van der Waals surface area (Å²) >= 11 is 0. The molecule has 0 bridgehead atoms. The normalized spacial score (nSPS) is 16.4. The lowest BCUT2D eigenvalue weighted by atomic mass is 10.1. The molecule has 1 aromatic heterocycles. The van der Waals surface area contributed by atoms with Crippen LogP contribution in [0.2, 0.25) is 0 Å². The molecule has 25 heavy (non-hydrogen) atoms. The van der Waals surface area contributed by atoms with Crippen molar-refractivity contribution in [1.82, 2.24) is 9.55 Å². The smallest absolute Gasteiger partial charge is 0.247 e. The maximum Gasteiger partial charge on any atom is 0.247 e. The molecule has 1 aliphatic heterocycles. The zero-order valence-electron chi connectivity index (χ0n) is 14.0. The van der Waals surface area contributed by atoms with Crippen molar-refractivity contribution in [2.24, 2.45) is 0 Å². The number of carbonyl (C=O) groups excluding carboxylic acids is 2. The second-order valence-corrected chi connectivity index (χ2v) is 6.42. The molecule has 1 amide bonds. The summed E-state index contributed by atoms with van der Waals surface area (Å²) in [5.74, 6) is 0.0395. The SMILES string of the molecule is Cc1cc(C)cc(NC(=O)[C@@H]2CC(=O)n3c(nc4ccccc43)N2)c1. The predicted molar refractivity (Wildman–Crippen MR) is 96.9 cm³/mol. The number of fused-ring (bicyclic) bond motifs is 3. The van der Waals surface area contributed by atoms with Gasteiger partial charge in [-0.05, 0) is 49.2 Å². The van der Waals surface area contributed by atoms with Crippen molar-refractivity contribution in [3.8, 4) is 0 Å². The van der Waals surface area contributed by atoms with Crippen molar-refractivity contribution in [1.29, 1.82) is 0 Å². The van der Waals surface area contributed by atoms with Gasteiger partial charge in [0, 0.05) is 5.69 Å². The monoisotopic (exact) mass is 334 g/mol. The number of imidazole rings is 1. The van der Waals surface area contributed by atoms with Gasteiger partial charge in [-0.15, -0.1) is 0 Å². The van der Waals surface area contributed by atoms with Crippen LogP contribution in [0.1, 0.15) is 22.3 Å². The number of nitrogens with zero attached hydrogens (tertiary/aromatic N) is 2. The largest absolute Gasteiger partial charge is 0.343 e. The second-order valence-electron chi connectivity index (χ2n) is 6.42. The molecule has 6 nitrogen and oxygen atoms in total. The highest BCUT2D eigenvalue weighted by molar-refractivity contribution is 6.04. The van der Waals surface area contributed by atoms with E-state index in [1.54, 1.807) is 0 Å². The molecule has 6 heteroatoms. The third kappa shape index (κ3) is 2.76. The molecule has 2 aromatic carbocycles. The standard InChI is InChI=1S/C19H18N4O2/c1-11-7-12(2)9-13(8-11)20-18(25)15-10-17(24)23-16-6-4-3-5-14(16)21-19(23)22-15/h3-9,15H,10H2,1-2H3,(H,20,25)(H,21,22)/t15-/m0/s1. The Balaban J connectivity index is 1.60. The van der Waals surface area contributed by atoms with Gasteiger partial charge in [0.15, 0.2) is 0 Å². The minimum absolute atomic E-state index is 0.0873. The molecule has 0 spiro atoms. The molecule has 0 unspecified atom stereocenters. The van der Waals surface area contributed by atoms with Crippen LogP contribution in [0.25, 0.3) is 11.0 Å². The van der Waals surface area contributed by atoms with Crippen LogP contribution in [-0.2, 0) is 4.79 Å². The summed E-state index contributed by atoms with van der Waals surface area (Å²) in [7, 11) is 0. The van der Waals surface area contributed by atoms with Crippen LogP contribution < -0.4 is 10.6 Å². The maximum absolute atomic E-state index is 12.6. The zero-order valence-corrected chi connectivity index (χ0v) is 14.0. The van der Waals surface area contributed by atoms with Crippen molar-refractivity contribution >= 4 is 34.5 Å². The van der Waals surface area contributed by atoms with Crippen LogP contribution >= 0.6 is 0 Å². The molecule has 0 saturated carbocycles. The number of aryl methyl sites for hydroxylation is 2. The van der Waals surface area contributed by atoms with E-state index < -0.39 is 6.04 Å². The minimum atomic E-state index is -0.641. The molecule has 2 heterocycles. The van der Waals surface area contributed by atoms with Crippen LogP contribution in [0.5, 0.6) is 0 Å². The molecular weight excluding hydrogens is 316 g/mol. The molecule has 126 valence electrons. The first-order valence-electron chi connectivity index (χ1n) is 8.17. The lowest BCUT2D eigenvalue weighted by Gasteiger charge is -2.24. The van der Waals surface area contributed by atoms with E-state index in [0.29, 0.717) is 5.95 Å². The maximum atomic E-state index is 12.6. The number of hydrogen-bond acceptors (Lipinski definition) is 4. The Hall–Kier alpha value is -3.15. The molecule has 1 aliphatic rings. The van der Waals surface area contributed by atoms with Crippen LogP contribution in [0.15, 0.2) is 42.5 Å². The molecule has 0 fully saturated rings. The average molecular weight is 334 g/mol. The Morgan fingerprint density at radius 2 is 1.92 bits per heavy atom. The first kappa shape index (κ1) is 15.4. The van der Waals surface area contributed by atoms with Gasteiger partial charge in [-0.3, -0.25) is 9.59 Å². The number of carbonyl (C=O) groups is 2. The Morgan fingerprint density at radius 3 is 2.68 bits per heavy atom. The van der Waals surface area contributed by atoms with Crippen molar-refractivity contribution in [2.75, 3.05) is 10.6 Å². The number of para-hydroxylation sites is 2. The number of anilines is 2. The highest BCUT2D eigenvalue weighted by Gasteiger charge is 2.31. The van der Waals surface area contributed by atoms with Gasteiger partial charge in [-0.2, -0.15) is 0 Å². The van der Waals surface area contributed by atoms with Gasteiger partial charge in [0.1, 0.15) is 6.04 Å². The fourth-order valence-electron chi connectivity index (χ4n) is 3.28. The highest BCUT2D eigenvalue weighted by Crippen LogP contribution is 2.25. The Kier molecular flexibility index (Phi) is 3.53. The van der Waals surface area contributed by atoms with Gasteiger partial charge in [-0.1, -0.05) is 18.2 Å². The van der Waals surface area contributed by atoms with Gasteiger partial charge in [0.2, 0.25) is 17.8 Å². The molecule has 0 aliphatic carbocycles. The average Bonchev–Trinajstić information content (AvgIpc) is 2.92. The summed E-state index contributed by atoms with van der Waals surface area (Å²) in [5.41, 5.74) is 4.36. The van der Waals surface area contributed by atoms with E-state index >= 15 is 0 Å². The van der Waals surface area contributed by atoms with Gasteiger partial charge < -0.3 is 10.6 Å². The number of aromatic nitrogens is 2. The summed E-state index contributed by atoms with van der Waals surface area (Å²) in [6.45, 7) is 3.96. The number of amides is 1. The number of rotatable bonds is 2. The first-order valence-corrected chi connectivity index (χ1v) is 8.17. The fourth-order valence-corrected chi connectivity index (χ4v) is 3.28. The molecule has 0 radical (unpaired) electrons. The van der Waals surface area contributed by atoms with Crippen LogP contribution in [0.4, 0.5) is 11.6 Å². The van der Waals surface area contributed by atoms with E-state index in [2.05, 4.69) is 15.6 Å². The van der Waals surface area contributed by atoms with E-state index in [1.807, 2.05) is 56.3 Å². The van der Waals surface area contributed by atoms with Crippen molar-refractivity contribution in [2.45, 2.75) is 26.3 Å². The number of nitrogens with one attached hydrogen (secondary N) is 2. The summed E-state index contributed by atoms with van der Waals surface area (Å²) in [4.78, 5) is 29.6. The van der Waals surface area contributed by atoms with Crippen molar-refractivity contribution in [3.05, 3.63) is 53.6 Å². The van der Waals surface area contributed by atoms with E-state index in [-0.39, 0.29) is 18.2 Å².